The summed E-state index contributed by atoms with van der Waals surface area (Å²) in [7, 11) is 1.49. The number of rotatable bonds is 10. The van der Waals surface area contributed by atoms with Crippen LogP contribution in [0.1, 0.15) is 54.7 Å². The summed E-state index contributed by atoms with van der Waals surface area (Å²) in [5, 5.41) is 2.08. The third-order valence-corrected chi connectivity index (χ3v) is 7.76. The first-order valence-corrected chi connectivity index (χ1v) is 13.3. The molecule has 0 unspecified atom stereocenters. The minimum Gasteiger partial charge on any atom is -0.491 e. The molecule has 0 bridgehead atoms. The molecule has 2 aliphatic rings. The van der Waals surface area contributed by atoms with E-state index in [1.807, 2.05) is 17.0 Å². The molecule has 0 N–H and O–H groups in total. The lowest BCUT2D eigenvalue weighted by atomic mass is 10.00. The van der Waals surface area contributed by atoms with E-state index >= 15 is 0 Å². The van der Waals surface area contributed by atoms with E-state index in [2.05, 4.69) is 37.4 Å². The van der Waals surface area contributed by atoms with Gasteiger partial charge in [0.2, 0.25) is 11.8 Å². The zero-order valence-corrected chi connectivity index (χ0v) is 21.7. The van der Waals surface area contributed by atoms with Crippen molar-refractivity contribution < 1.29 is 23.8 Å². The Kier molecular flexibility index (Phi) is 8.81. The zero-order valence-electron chi connectivity index (χ0n) is 20.9. The summed E-state index contributed by atoms with van der Waals surface area (Å²) in [4.78, 5) is 31.0. The van der Waals surface area contributed by atoms with Gasteiger partial charge in [0.1, 0.15) is 19.0 Å². The topological polar surface area (TPSA) is 68.3 Å². The number of methoxy groups -OCH3 is 1. The SMILES string of the molecule is COCC(=O)N(CC(=O)N1CCc2sccc2[C@@H]1COc1ccc(C(C)C)cc1)C[C@H]1CCCO1. The summed E-state index contributed by atoms with van der Waals surface area (Å²) in [6.45, 7) is 6.39. The van der Waals surface area contributed by atoms with Gasteiger partial charge in [0, 0.05) is 31.7 Å². The highest BCUT2D eigenvalue weighted by molar-refractivity contribution is 7.10. The summed E-state index contributed by atoms with van der Waals surface area (Å²) >= 11 is 1.73. The van der Waals surface area contributed by atoms with E-state index in [-0.39, 0.29) is 37.1 Å². The van der Waals surface area contributed by atoms with E-state index < -0.39 is 0 Å². The number of carbonyl (C=O) groups is 2. The standard InChI is InChI=1S/C27H36N2O5S/c1-19(2)20-6-8-21(9-7-20)34-17-24-23-11-14-35-25(23)10-12-29(24)26(30)16-28(27(31)18-32-3)15-22-5-4-13-33-22/h6-9,11,14,19,22,24H,4-5,10,12-13,15-18H2,1-3H3/t22-,24+/m1/s1. The van der Waals surface area contributed by atoms with E-state index in [1.165, 1.54) is 17.6 Å². The van der Waals surface area contributed by atoms with Crippen LogP contribution in [0.3, 0.4) is 0 Å². The fourth-order valence-electron chi connectivity index (χ4n) is 4.76. The third-order valence-electron chi connectivity index (χ3n) is 6.76. The molecule has 2 atom stereocenters. The normalized spacial score (nSPS) is 19.6. The average molecular weight is 501 g/mol. The van der Waals surface area contributed by atoms with Gasteiger partial charge in [0.15, 0.2) is 0 Å². The Morgan fingerprint density at radius 1 is 1.23 bits per heavy atom. The Hall–Kier alpha value is -2.42. The molecular weight excluding hydrogens is 464 g/mol. The smallest absolute Gasteiger partial charge is 0.249 e. The molecule has 2 aliphatic heterocycles. The quantitative estimate of drug-likeness (QED) is 0.493. The highest BCUT2D eigenvalue weighted by Gasteiger charge is 2.34. The molecule has 2 amide bonds. The zero-order chi connectivity index (χ0) is 24.8. The van der Waals surface area contributed by atoms with Gasteiger partial charge in [0.25, 0.3) is 0 Å². The lowest BCUT2D eigenvalue weighted by molar-refractivity contribution is -0.145. The summed E-state index contributed by atoms with van der Waals surface area (Å²) in [5.74, 6) is 0.984. The Morgan fingerprint density at radius 2 is 2.03 bits per heavy atom. The Bertz CT molecular complexity index is 984. The second-order valence-electron chi connectivity index (χ2n) is 9.53. The summed E-state index contributed by atoms with van der Waals surface area (Å²) < 4.78 is 17.0. The molecule has 3 heterocycles. The van der Waals surface area contributed by atoms with Crippen LogP contribution in [0, 0.1) is 0 Å². The van der Waals surface area contributed by atoms with E-state index in [0.29, 0.717) is 32.2 Å². The van der Waals surface area contributed by atoms with Crippen molar-refractivity contribution in [2.45, 2.75) is 51.2 Å². The largest absolute Gasteiger partial charge is 0.491 e. The Balaban J connectivity index is 1.47. The molecule has 0 spiro atoms. The molecule has 4 rings (SSSR count). The van der Waals surface area contributed by atoms with Crippen LogP contribution in [-0.4, -0.2) is 74.3 Å². The maximum atomic E-state index is 13.6. The molecule has 1 aromatic heterocycles. The lowest BCUT2D eigenvalue weighted by Crippen LogP contribution is -2.49. The van der Waals surface area contributed by atoms with Crippen molar-refractivity contribution in [1.29, 1.82) is 0 Å². The highest BCUT2D eigenvalue weighted by Crippen LogP contribution is 2.34. The number of thiophene rings is 1. The second kappa shape index (κ2) is 12.0. The van der Waals surface area contributed by atoms with Crippen molar-refractivity contribution in [3.63, 3.8) is 0 Å². The van der Waals surface area contributed by atoms with Crippen molar-refractivity contribution in [2.24, 2.45) is 0 Å². The summed E-state index contributed by atoms with van der Waals surface area (Å²) in [6.07, 6.45) is 2.67. The first-order chi connectivity index (χ1) is 17.0. The van der Waals surface area contributed by atoms with Gasteiger partial charge in [0.05, 0.1) is 18.7 Å². The molecule has 35 heavy (non-hydrogen) atoms. The van der Waals surface area contributed by atoms with Crippen LogP contribution in [0.2, 0.25) is 0 Å². The number of hydrogen-bond acceptors (Lipinski definition) is 6. The Labute approximate surface area is 212 Å². The van der Waals surface area contributed by atoms with Crippen LogP contribution in [0.25, 0.3) is 0 Å². The van der Waals surface area contributed by atoms with Gasteiger partial charge < -0.3 is 24.0 Å². The number of ether oxygens (including phenoxy) is 3. The predicted molar refractivity (Wildman–Crippen MR) is 136 cm³/mol. The van der Waals surface area contributed by atoms with E-state index in [1.54, 1.807) is 16.2 Å². The maximum Gasteiger partial charge on any atom is 0.249 e. The van der Waals surface area contributed by atoms with Crippen molar-refractivity contribution in [3.05, 3.63) is 51.7 Å². The van der Waals surface area contributed by atoms with Crippen molar-refractivity contribution in [3.8, 4) is 5.75 Å². The molecule has 0 aliphatic carbocycles. The first-order valence-electron chi connectivity index (χ1n) is 12.4. The van der Waals surface area contributed by atoms with E-state index in [4.69, 9.17) is 14.2 Å². The number of hydrogen-bond donors (Lipinski definition) is 0. The van der Waals surface area contributed by atoms with Crippen LogP contribution in [0.5, 0.6) is 5.75 Å². The maximum absolute atomic E-state index is 13.6. The van der Waals surface area contributed by atoms with Gasteiger partial charge in [-0.1, -0.05) is 26.0 Å². The van der Waals surface area contributed by atoms with Crippen molar-refractivity contribution >= 4 is 23.2 Å². The van der Waals surface area contributed by atoms with E-state index in [0.717, 1.165) is 30.6 Å². The molecule has 7 nitrogen and oxygen atoms in total. The fraction of sp³-hybridized carbons (Fsp3) is 0.556. The molecule has 2 aromatic rings. The van der Waals surface area contributed by atoms with Crippen LogP contribution in [0.15, 0.2) is 35.7 Å². The van der Waals surface area contributed by atoms with Gasteiger partial charge in [-0.05, 0) is 59.9 Å². The minimum atomic E-state index is -0.192. The number of nitrogens with zero attached hydrogens (tertiary/aromatic N) is 2. The van der Waals surface area contributed by atoms with Crippen molar-refractivity contribution in [1.82, 2.24) is 9.80 Å². The number of carbonyl (C=O) groups excluding carboxylic acids is 2. The average Bonchev–Trinajstić information content (AvgIpc) is 3.54. The molecule has 0 radical (unpaired) electrons. The van der Waals surface area contributed by atoms with Gasteiger partial charge in [-0.2, -0.15) is 0 Å². The van der Waals surface area contributed by atoms with Crippen LogP contribution < -0.4 is 4.74 Å². The predicted octanol–water partition coefficient (Wildman–Crippen LogP) is 4.03. The Morgan fingerprint density at radius 3 is 2.71 bits per heavy atom. The molecule has 0 saturated carbocycles. The van der Waals surface area contributed by atoms with Crippen LogP contribution in [-0.2, 0) is 25.5 Å². The number of benzene rings is 1. The summed E-state index contributed by atoms with van der Waals surface area (Å²) in [6, 6.07) is 10.1. The summed E-state index contributed by atoms with van der Waals surface area (Å²) in [5.41, 5.74) is 2.40. The molecule has 8 heteroatoms. The lowest BCUT2D eigenvalue weighted by Gasteiger charge is -2.37. The third kappa shape index (κ3) is 6.42. The van der Waals surface area contributed by atoms with Crippen molar-refractivity contribution in [2.75, 3.05) is 46.6 Å². The second-order valence-corrected chi connectivity index (χ2v) is 10.5. The first kappa shape index (κ1) is 25.7. The number of fused-ring (bicyclic) bond motifs is 1. The van der Waals surface area contributed by atoms with Gasteiger partial charge in [-0.3, -0.25) is 9.59 Å². The molecule has 1 aromatic carbocycles. The van der Waals surface area contributed by atoms with Crippen LogP contribution >= 0.6 is 11.3 Å². The van der Waals surface area contributed by atoms with Gasteiger partial charge in [-0.25, -0.2) is 0 Å². The van der Waals surface area contributed by atoms with Crippen LogP contribution in [0.4, 0.5) is 0 Å². The minimum absolute atomic E-state index is 0.0150. The molecule has 1 fully saturated rings. The van der Waals surface area contributed by atoms with Gasteiger partial charge >= 0.3 is 0 Å². The van der Waals surface area contributed by atoms with E-state index in [9.17, 15) is 9.59 Å². The highest BCUT2D eigenvalue weighted by atomic mass is 32.1. The molecule has 190 valence electrons. The molecule has 1 saturated heterocycles. The number of amides is 2. The molecular formula is C27H36N2O5S. The monoisotopic (exact) mass is 500 g/mol. The fourth-order valence-corrected chi connectivity index (χ4v) is 5.68. The van der Waals surface area contributed by atoms with Gasteiger partial charge in [-0.15, -0.1) is 11.3 Å².